The van der Waals surface area contributed by atoms with E-state index >= 15 is 0 Å². The molecule has 2 rings (SSSR count). The van der Waals surface area contributed by atoms with Crippen LogP contribution < -0.4 is 0 Å². The van der Waals surface area contributed by atoms with Gasteiger partial charge in [0.2, 0.25) is 5.91 Å². The average Bonchev–Trinajstić information content (AvgIpc) is 2.63. The van der Waals surface area contributed by atoms with Crippen molar-refractivity contribution in [3.05, 3.63) is 12.2 Å². The van der Waals surface area contributed by atoms with E-state index in [1.807, 2.05) is 4.90 Å². The first-order valence-corrected chi connectivity index (χ1v) is 7.21. The quantitative estimate of drug-likeness (QED) is 0.566. The molecule has 0 radical (unpaired) electrons. The highest BCUT2D eigenvalue weighted by atomic mass is 16.5. The van der Waals surface area contributed by atoms with Crippen molar-refractivity contribution in [3.8, 4) is 0 Å². The van der Waals surface area contributed by atoms with Crippen molar-refractivity contribution < 1.29 is 14.3 Å². The van der Waals surface area contributed by atoms with Gasteiger partial charge in [0.1, 0.15) is 6.10 Å². The van der Waals surface area contributed by atoms with E-state index in [2.05, 4.69) is 13.5 Å². The number of hydrogen-bond donors (Lipinski definition) is 0. The van der Waals surface area contributed by atoms with Crippen LogP contribution in [0.4, 0.5) is 0 Å². The van der Waals surface area contributed by atoms with E-state index in [0.717, 1.165) is 38.6 Å². The third kappa shape index (κ3) is 2.82. The second kappa shape index (κ2) is 5.76. The van der Waals surface area contributed by atoms with E-state index in [9.17, 15) is 9.59 Å². The summed E-state index contributed by atoms with van der Waals surface area (Å²) in [5.41, 5.74) is 0.423. The fraction of sp³-hybridized carbons (Fsp3) is 0.733. The predicted molar refractivity (Wildman–Crippen MR) is 72.4 cm³/mol. The lowest BCUT2D eigenvalue weighted by molar-refractivity contribution is -0.149. The van der Waals surface area contributed by atoms with Gasteiger partial charge in [-0.1, -0.05) is 19.9 Å². The topological polar surface area (TPSA) is 46.6 Å². The molecule has 0 N–H and O–H groups in total. The maximum Gasteiger partial charge on any atom is 0.333 e. The molecule has 0 aromatic heterocycles. The van der Waals surface area contributed by atoms with Crippen LogP contribution in [0.1, 0.15) is 46.0 Å². The van der Waals surface area contributed by atoms with Gasteiger partial charge in [-0.3, -0.25) is 4.79 Å². The SMILES string of the molecule is C=C(C)C(=O)OC1CCC2CC1N(CCCC)C2=O. The van der Waals surface area contributed by atoms with Crippen molar-refractivity contribution in [2.75, 3.05) is 6.54 Å². The molecule has 1 aliphatic carbocycles. The van der Waals surface area contributed by atoms with Crippen LogP contribution in [-0.4, -0.2) is 35.5 Å². The molecule has 1 saturated heterocycles. The Morgan fingerprint density at radius 1 is 1.47 bits per heavy atom. The maximum absolute atomic E-state index is 12.2. The standard InChI is InChI=1S/C15H23NO3/c1-4-5-8-16-12-9-11(14(16)17)6-7-13(12)19-15(18)10(2)3/h11-13H,2,4-9H2,1,3H3. The molecule has 19 heavy (non-hydrogen) atoms. The molecule has 2 aliphatic rings. The zero-order chi connectivity index (χ0) is 14.0. The minimum Gasteiger partial charge on any atom is -0.457 e. The highest BCUT2D eigenvalue weighted by molar-refractivity contribution is 5.87. The number of hydrogen-bond acceptors (Lipinski definition) is 3. The lowest BCUT2D eigenvalue weighted by Gasteiger charge is -2.32. The lowest BCUT2D eigenvalue weighted by atomic mass is 9.88. The van der Waals surface area contributed by atoms with Crippen LogP contribution in [-0.2, 0) is 14.3 Å². The van der Waals surface area contributed by atoms with E-state index in [-0.39, 0.29) is 29.9 Å². The van der Waals surface area contributed by atoms with Gasteiger partial charge in [-0.15, -0.1) is 0 Å². The summed E-state index contributed by atoms with van der Waals surface area (Å²) in [5, 5.41) is 0. The van der Waals surface area contributed by atoms with Crippen LogP contribution in [0.5, 0.6) is 0 Å². The van der Waals surface area contributed by atoms with E-state index in [4.69, 9.17) is 4.74 Å². The van der Waals surface area contributed by atoms with Gasteiger partial charge in [0.05, 0.1) is 6.04 Å². The second-order valence-corrected chi connectivity index (χ2v) is 5.69. The first kappa shape index (κ1) is 14.1. The Balaban J connectivity index is 2.04. The fourth-order valence-electron chi connectivity index (χ4n) is 3.05. The van der Waals surface area contributed by atoms with Gasteiger partial charge in [0.15, 0.2) is 0 Å². The van der Waals surface area contributed by atoms with Gasteiger partial charge < -0.3 is 9.64 Å². The van der Waals surface area contributed by atoms with Crippen molar-refractivity contribution >= 4 is 11.9 Å². The molecule has 1 saturated carbocycles. The molecular formula is C15H23NO3. The molecular weight excluding hydrogens is 242 g/mol. The number of carbonyl (C=O) groups is 2. The third-order valence-corrected chi connectivity index (χ3v) is 4.15. The van der Waals surface area contributed by atoms with E-state index in [0.29, 0.717) is 5.57 Å². The Labute approximate surface area is 114 Å². The van der Waals surface area contributed by atoms with Crippen LogP contribution in [0.3, 0.4) is 0 Å². The molecule has 106 valence electrons. The Bertz CT molecular complexity index is 391. The summed E-state index contributed by atoms with van der Waals surface area (Å²) < 4.78 is 5.51. The summed E-state index contributed by atoms with van der Waals surface area (Å²) in [6.45, 7) is 8.17. The number of likely N-dealkylation sites (tertiary alicyclic amines) is 1. The number of esters is 1. The number of fused-ring (bicyclic) bond motifs is 2. The van der Waals surface area contributed by atoms with E-state index in [1.165, 1.54) is 0 Å². The number of ether oxygens (including phenoxy) is 1. The summed E-state index contributed by atoms with van der Waals surface area (Å²) in [6.07, 6.45) is 4.41. The Kier molecular flexibility index (Phi) is 4.27. The van der Waals surface area contributed by atoms with Crippen molar-refractivity contribution in [1.82, 2.24) is 4.90 Å². The smallest absolute Gasteiger partial charge is 0.333 e. The first-order valence-electron chi connectivity index (χ1n) is 7.21. The number of unbranched alkanes of at least 4 members (excludes halogenated alkanes) is 1. The van der Waals surface area contributed by atoms with Crippen molar-refractivity contribution in [2.24, 2.45) is 5.92 Å². The van der Waals surface area contributed by atoms with E-state index < -0.39 is 0 Å². The molecule has 1 amide bonds. The molecule has 4 heteroatoms. The zero-order valence-electron chi connectivity index (χ0n) is 11.9. The van der Waals surface area contributed by atoms with Crippen molar-refractivity contribution in [3.63, 3.8) is 0 Å². The number of amides is 1. The summed E-state index contributed by atoms with van der Waals surface area (Å²) in [4.78, 5) is 25.8. The second-order valence-electron chi connectivity index (χ2n) is 5.69. The molecule has 0 aromatic rings. The third-order valence-electron chi connectivity index (χ3n) is 4.15. The highest BCUT2D eigenvalue weighted by Crippen LogP contribution is 2.38. The molecule has 3 unspecified atom stereocenters. The minimum atomic E-state index is -0.335. The minimum absolute atomic E-state index is 0.0844. The molecule has 0 aromatic carbocycles. The zero-order valence-corrected chi connectivity index (χ0v) is 11.9. The van der Waals surface area contributed by atoms with E-state index in [1.54, 1.807) is 6.92 Å². The molecule has 3 atom stereocenters. The van der Waals surface area contributed by atoms with Gasteiger partial charge in [0, 0.05) is 18.0 Å². The summed E-state index contributed by atoms with van der Waals surface area (Å²) in [7, 11) is 0. The normalized spacial score (nSPS) is 29.5. The first-order chi connectivity index (χ1) is 9.04. The lowest BCUT2D eigenvalue weighted by Crippen LogP contribution is -2.43. The molecule has 2 fully saturated rings. The fourth-order valence-corrected chi connectivity index (χ4v) is 3.05. The summed E-state index contributed by atoms with van der Waals surface area (Å²) in [6, 6.07) is 0.0844. The summed E-state index contributed by atoms with van der Waals surface area (Å²) >= 11 is 0. The Morgan fingerprint density at radius 2 is 2.21 bits per heavy atom. The Morgan fingerprint density at radius 3 is 2.84 bits per heavy atom. The van der Waals surface area contributed by atoms with Crippen LogP contribution >= 0.6 is 0 Å². The van der Waals surface area contributed by atoms with Gasteiger partial charge >= 0.3 is 5.97 Å². The van der Waals surface area contributed by atoms with Gasteiger partial charge in [-0.25, -0.2) is 4.79 Å². The average molecular weight is 265 g/mol. The Hall–Kier alpha value is -1.32. The summed E-state index contributed by atoms with van der Waals surface area (Å²) in [5.74, 6) is 0.0761. The number of rotatable bonds is 5. The van der Waals surface area contributed by atoms with Gasteiger partial charge in [0.25, 0.3) is 0 Å². The van der Waals surface area contributed by atoms with Gasteiger partial charge in [-0.2, -0.15) is 0 Å². The van der Waals surface area contributed by atoms with Crippen LogP contribution in [0, 0.1) is 5.92 Å². The maximum atomic E-state index is 12.2. The van der Waals surface area contributed by atoms with Crippen LogP contribution in [0.2, 0.25) is 0 Å². The molecule has 0 spiro atoms. The predicted octanol–water partition coefficient (Wildman–Crippen LogP) is 2.29. The van der Waals surface area contributed by atoms with Crippen LogP contribution in [0.15, 0.2) is 12.2 Å². The van der Waals surface area contributed by atoms with Crippen molar-refractivity contribution in [2.45, 2.75) is 58.1 Å². The molecule has 1 aliphatic heterocycles. The molecule has 1 heterocycles. The van der Waals surface area contributed by atoms with Crippen LogP contribution in [0.25, 0.3) is 0 Å². The molecule has 2 bridgehead atoms. The molecule has 4 nitrogen and oxygen atoms in total. The number of carbonyl (C=O) groups excluding carboxylic acids is 2. The largest absolute Gasteiger partial charge is 0.457 e. The van der Waals surface area contributed by atoms with Gasteiger partial charge in [-0.05, 0) is 32.6 Å². The monoisotopic (exact) mass is 265 g/mol. The van der Waals surface area contributed by atoms with Crippen molar-refractivity contribution in [1.29, 1.82) is 0 Å². The number of nitrogens with zero attached hydrogens (tertiary/aromatic N) is 1. The highest BCUT2D eigenvalue weighted by Gasteiger charge is 2.47.